The number of amides is 3. The van der Waals surface area contributed by atoms with Gasteiger partial charge in [0.05, 0.1) is 5.92 Å². The van der Waals surface area contributed by atoms with Crippen LogP contribution in [0.4, 0.5) is 4.79 Å². The predicted molar refractivity (Wildman–Crippen MR) is 69.8 cm³/mol. The molecular weight excluding hydrogens is 277 g/mol. The second kappa shape index (κ2) is 5.13. The van der Waals surface area contributed by atoms with Crippen LogP contribution in [0, 0.1) is 5.92 Å². The zero-order valence-corrected chi connectivity index (χ0v) is 11.8. The average Bonchev–Trinajstić information content (AvgIpc) is 2.98. The van der Waals surface area contributed by atoms with E-state index in [-0.39, 0.29) is 17.9 Å². The Morgan fingerprint density at radius 3 is 2.17 bits per heavy atom. The van der Waals surface area contributed by atoms with Crippen molar-refractivity contribution in [1.82, 2.24) is 15.1 Å². The van der Waals surface area contributed by atoms with E-state index in [0.29, 0.717) is 39.1 Å². The van der Waals surface area contributed by atoms with Crippen LogP contribution in [-0.4, -0.2) is 58.8 Å². The Balaban J connectivity index is 1.80. The molecule has 1 saturated heterocycles. The molecule has 0 spiro atoms. The smallest absolute Gasteiger partial charge is 0.317 e. The molecule has 0 aromatic heterocycles. The molecule has 3 amide bonds. The van der Waals surface area contributed by atoms with Crippen LogP contribution in [0.25, 0.3) is 0 Å². The van der Waals surface area contributed by atoms with Crippen molar-refractivity contribution in [3.05, 3.63) is 0 Å². The SMILES string of the molecule is CCNC(=O)N1CCN(C(=O)C2CC2(Cl)Cl)CC1. The van der Waals surface area contributed by atoms with Crippen LogP contribution in [0.2, 0.25) is 0 Å². The molecule has 1 unspecified atom stereocenters. The quantitative estimate of drug-likeness (QED) is 0.774. The molecule has 1 heterocycles. The van der Waals surface area contributed by atoms with E-state index in [0.717, 1.165) is 0 Å². The Kier molecular flexibility index (Phi) is 3.92. The van der Waals surface area contributed by atoms with Crippen molar-refractivity contribution in [3.63, 3.8) is 0 Å². The highest BCUT2D eigenvalue weighted by Crippen LogP contribution is 2.53. The number of alkyl halides is 2. The lowest BCUT2D eigenvalue weighted by Gasteiger charge is -2.34. The van der Waals surface area contributed by atoms with E-state index in [1.54, 1.807) is 9.80 Å². The highest BCUT2D eigenvalue weighted by atomic mass is 35.5. The number of rotatable bonds is 2. The van der Waals surface area contributed by atoms with Gasteiger partial charge in [-0.25, -0.2) is 4.79 Å². The standard InChI is InChI=1S/C11H17Cl2N3O2/c1-2-14-10(18)16-5-3-15(4-6-16)9(17)8-7-11(8,12)13/h8H,2-7H2,1H3,(H,14,18). The number of halogens is 2. The van der Waals surface area contributed by atoms with Gasteiger partial charge in [-0.1, -0.05) is 0 Å². The summed E-state index contributed by atoms with van der Waals surface area (Å²) in [5.41, 5.74) is 0. The number of hydrogen-bond donors (Lipinski definition) is 1. The monoisotopic (exact) mass is 293 g/mol. The van der Waals surface area contributed by atoms with E-state index >= 15 is 0 Å². The van der Waals surface area contributed by atoms with Crippen molar-refractivity contribution in [2.24, 2.45) is 5.92 Å². The van der Waals surface area contributed by atoms with Gasteiger partial charge in [-0.3, -0.25) is 4.79 Å². The van der Waals surface area contributed by atoms with Crippen molar-refractivity contribution in [2.45, 2.75) is 17.7 Å². The lowest BCUT2D eigenvalue weighted by molar-refractivity contribution is -0.134. The van der Waals surface area contributed by atoms with E-state index in [1.165, 1.54) is 0 Å². The van der Waals surface area contributed by atoms with E-state index < -0.39 is 4.33 Å². The minimum Gasteiger partial charge on any atom is -0.339 e. The Morgan fingerprint density at radius 1 is 1.22 bits per heavy atom. The summed E-state index contributed by atoms with van der Waals surface area (Å²) in [6.07, 6.45) is 0.533. The molecule has 1 aliphatic heterocycles. The van der Waals surface area contributed by atoms with E-state index in [1.807, 2.05) is 6.92 Å². The fourth-order valence-corrected chi connectivity index (χ4v) is 2.59. The first kappa shape index (κ1) is 13.7. The summed E-state index contributed by atoms with van der Waals surface area (Å²) < 4.78 is -0.867. The first-order valence-electron chi connectivity index (χ1n) is 6.15. The normalized spacial score (nSPS) is 25.8. The lowest BCUT2D eigenvalue weighted by atomic mass is 10.2. The zero-order chi connectivity index (χ0) is 13.3. The maximum Gasteiger partial charge on any atom is 0.317 e. The first-order valence-corrected chi connectivity index (χ1v) is 6.90. The van der Waals surface area contributed by atoms with Gasteiger partial charge >= 0.3 is 6.03 Å². The van der Waals surface area contributed by atoms with Crippen LogP contribution in [-0.2, 0) is 4.79 Å². The minimum absolute atomic E-state index is 0.00977. The van der Waals surface area contributed by atoms with E-state index in [2.05, 4.69) is 5.32 Å². The predicted octanol–water partition coefficient (Wildman–Crippen LogP) is 1.05. The summed E-state index contributed by atoms with van der Waals surface area (Å²) in [5, 5.41) is 2.75. The topological polar surface area (TPSA) is 52.7 Å². The molecule has 5 nitrogen and oxygen atoms in total. The number of nitrogens with one attached hydrogen (secondary N) is 1. The Labute approximate surface area is 116 Å². The summed E-state index contributed by atoms with van der Waals surface area (Å²) in [5.74, 6) is -0.257. The Morgan fingerprint density at radius 2 is 1.72 bits per heavy atom. The second-order valence-corrected chi connectivity index (χ2v) is 6.21. The number of carbonyl (C=O) groups is 2. The van der Waals surface area contributed by atoms with Crippen LogP contribution in [0.15, 0.2) is 0 Å². The highest BCUT2D eigenvalue weighted by molar-refractivity contribution is 6.52. The molecule has 2 aliphatic rings. The summed E-state index contributed by atoms with van der Waals surface area (Å²) in [4.78, 5) is 27.1. The Hall–Kier alpha value is -0.680. The van der Waals surface area contributed by atoms with Crippen molar-refractivity contribution >= 4 is 35.1 Å². The maximum absolute atomic E-state index is 12.0. The number of nitrogens with zero attached hydrogens (tertiary/aromatic N) is 2. The van der Waals surface area contributed by atoms with Crippen LogP contribution in [0.5, 0.6) is 0 Å². The van der Waals surface area contributed by atoms with Crippen molar-refractivity contribution in [2.75, 3.05) is 32.7 Å². The fraction of sp³-hybridized carbons (Fsp3) is 0.818. The number of carbonyl (C=O) groups excluding carboxylic acids is 2. The van der Waals surface area contributed by atoms with Gasteiger partial charge in [0.25, 0.3) is 0 Å². The molecule has 102 valence electrons. The van der Waals surface area contributed by atoms with Crippen LogP contribution in [0.1, 0.15) is 13.3 Å². The van der Waals surface area contributed by atoms with Crippen molar-refractivity contribution in [1.29, 1.82) is 0 Å². The van der Waals surface area contributed by atoms with Gasteiger partial charge in [-0.15, -0.1) is 23.2 Å². The largest absolute Gasteiger partial charge is 0.339 e. The number of piperazine rings is 1. The molecule has 0 aromatic rings. The molecule has 18 heavy (non-hydrogen) atoms. The number of hydrogen-bond acceptors (Lipinski definition) is 2. The van der Waals surface area contributed by atoms with Gasteiger partial charge in [-0.05, 0) is 13.3 Å². The molecule has 1 aliphatic carbocycles. The van der Waals surface area contributed by atoms with Crippen LogP contribution < -0.4 is 5.32 Å². The molecule has 0 bridgehead atoms. The highest BCUT2D eigenvalue weighted by Gasteiger charge is 2.57. The van der Waals surface area contributed by atoms with Gasteiger partial charge in [0.2, 0.25) is 5.91 Å². The maximum atomic E-state index is 12.0. The van der Waals surface area contributed by atoms with Crippen molar-refractivity contribution in [3.8, 4) is 0 Å². The third-order valence-electron chi connectivity index (χ3n) is 3.33. The molecule has 1 atom stereocenters. The average molecular weight is 294 g/mol. The lowest BCUT2D eigenvalue weighted by Crippen LogP contribution is -2.53. The third kappa shape index (κ3) is 2.83. The number of urea groups is 1. The van der Waals surface area contributed by atoms with Gasteiger partial charge in [0.1, 0.15) is 4.33 Å². The molecule has 1 saturated carbocycles. The summed E-state index contributed by atoms with van der Waals surface area (Å²) in [6, 6.07) is -0.0694. The molecule has 1 N–H and O–H groups in total. The molecule has 2 rings (SSSR count). The van der Waals surface area contributed by atoms with Crippen molar-refractivity contribution < 1.29 is 9.59 Å². The summed E-state index contributed by atoms with van der Waals surface area (Å²) in [6.45, 7) is 4.71. The fourth-order valence-electron chi connectivity index (χ4n) is 2.09. The minimum atomic E-state index is -0.867. The molecular formula is C11H17Cl2N3O2. The van der Waals surface area contributed by atoms with Crippen LogP contribution >= 0.6 is 23.2 Å². The third-order valence-corrected chi connectivity index (χ3v) is 4.17. The Bertz CT molecular complexity index is 354. The van der Waals surface area contributed by atoms with Gasteiger partial charge < -0.3 is 15.1 Å². The molecule has 0 radical (unpaired) electrons. The molecule has 2 fully saturated rings. The summed E-state index contributed by atoms with van der Waals surface area (Å²) >= 11 is 11.8. The summed E-state index contributed by atoms with van der Waals surface area (Å²) in [7, 11) is 0. The molecule has 0 aromatic carbocycles. The molecule has 7 heteroatoms. The van der Waals surface area contributed by atoms with E-state index in [4.69, 9.17) is 23.2 Å². The van der Waals surface area contributed by atoms with Gasteiger partial charge in [-0.2, -0.15) is 0 Å². The van der Waals surface area contributed by atoms with Gasteiger partial charge in [0.15, 0.2) is 0 Å². The zero-order valence-electron chi connectivity index (χ0n) is 10.3. The van der Waals surface area contributed by atoms with Crippen LogP contribution in [0.3, 0.4) is 0 Å². The van der Waals surface area contributed by atoms with E-state index in [9.17, 15) is 9.59 Å². The van der Waals surface area contributed by atoms with Gasteiger partial charge in [0, 0.05) is 32.7 Å². The first-order chi connectivity index (χ1) is 8.45. The second-order valence-electron chi connectivity index (χ2n) is 4.67.